The fraction of sp³-hybridized carbons (Fsp3) is 0.200. The van der Waals surface area contributed by atoms with Gasteiger partial charge in [0.05, 0.1) is 10.6 Å². The molecule has 5 N–H and O–H groups in total. The molecule has 164 valence electrons. The van der Waals surface area contributed by atoms with Gasteiger partial charge in [-0.3, -0.25) is 14.8 Å². The van der Waals surface area contributed by atoms with Crippen molar-refractivity contribution in [3.63, 3.8) is 0 Å². The Balaban J connectivity index is 2.20. The lowest BCUT2D eigenvalue weighted by Gasteiger charge is -2.13. The van der Waals surface area contributed by atoms with Crippen molar-refractivity contribution in [2.45, 2.75) is 24.7 Å². The lowest BCUT2D eigenvalue weighted by atomic mass is 9.99. The van der Waals surface area contributed by atoms with Crippen molar-refractivity contribution in [2.75, 3.05) is 17.1 Å². The van der Waals surface area contributed by atoms with E-state index in [0.717, 1.165) is 10.3 Å². The number of fused-ring (bicyclic) bond motifs is 1. The summed E-state index contributed by atoms with van der Waals surface area (Å²) in [7, 11) is -2.53. The van der Waals surface area contributed by atoms with E-state index in [0.29, 0.717) is 5.39 Å². The summed E-state index contributed by atoms with van der Waals surface area (Å²) in [5, 5.41) is 5.86. The molecule has 3 amide bonds. The predicted octanol–water partition coefficient (Wildman–Crippen LogP) is 4.33. The first kappa shape index (κ1) is 22.9. The third kappa shape index (κ3) is 4.60. The second-order valence-corrected chi connectivity index (χ2v) is 10.1. The summed E-state index contributed by atoms with van der Waals surface area (Å²) in [6.07, 6.45) is 0. The number of nitrogens with one attached hydrogen (secondary N) is 3. The third-order valence-electron chi connectivity index (χ3n) is 4.52. The van der Waals surface area contributed by atoms with Gasteiger partial charge in [-0.15, -0.1) is 11.3 Å². The fourth-order valence-electron chi connectivity index (χ4n) is 3.09. The second kappa shape index (κ2) is 8.74. The summed E-state index contributed by atoms with van der Waals surface area (Å²) < 4.78 is 29.1. The quantitative estimate of drug-likeness (QED) is 0.418. The van der Waals surface area contributed by atoms with E-state index >= 15 is 0 Å². The Morgan fingerprint density at radius 1 is 1.16 bits per heavy atom. The number of hydrogen-bond acceptors (Lipinski definition) is 5. The Kier molecular flexibility index (Phi) is 6.44. The SMILES string of the molecule is CNC(=O)Nc1sc2c(C(C)C)cc(NS(=O)(=O)c3ccccc3Cl)cc2c1C(N)=O. The number of carbonyl (C=O) groups excluding carboxylic acids is 2. The Hall–Kier alpha value is -2.82. The number of primary amides is 1. The van der Waals surface area contributed by atoms with Gasteiger partial charge in [-0.2, -0.15) is 0 Å². The van der Waals surface area contributed by atoms with Crippen LogP contribution in [0.25, 0.3) is 10.1 Å². The summed E-state index contributed by atoms with van der Waals surface area (Å²) in [6.45, 7) is 3.88. The molecule has 0 aliphatic heterocycles. The molecule has 0 aliphatic carbocycles. The highest BCUT2D eigenvalue weighted by molar-refractivity contribution is 7.92. The second-order valence-electron chi connectivity index (χ2n) is 7.01. The van der Waals surface area contributed by atoms with Crippen molar-refractivity contribution in [3.8, 4) is 0 Å². The van der Waals surface area contributed by atoms with Gasteiger partial charge in [-0.05, 0) is 35.7 Å². The van der Waals surface area contributed by atoms with Crippen LogP contribution in [0.15, 0.2) is 41.3 Å². The molecule has 0 aliphatic rings. The van der Waals surface area contributed by atoms with E-state index in [2.05, 4.69) is 15.4 Å². The van der Waals surface area contributed by atoms with Crippen molar-refractivity contribution in [3.05, 3.63) is 52.5 Å². The van der Waals surface area contributed by atoms with E-state index in [9.17, 15) is 18.0 Å². The maximum Gasteiger partial charge on any atom is 0.319 e. The van der Waals surface area contributed by atoms with Gasteiger partial charge in [0.1, 0.15) is 9.90 Å². The van der Waals surface area contributed by atoms with Crippen LogP contribution >= 0.6 is 22.9 Å². The molecular weight excluding hydrogens is 460 g/mol. The molecule has 8 nitrogen and oxygen atoms in total. The number of amides is 3. The van der Waals surface area contributed by atoms with E-state index < -0.39 is 22.0 Å². The first-order chi connectivity index (χ1) is 14.5. The number of benzene rings is 2. The molecule has 0 fully saturated rings. The van der Waals surface area contributed by atoms with Gasteiger partial charge in [0, 0.05) is 22.8 Å². The van der Waals surface area contributed by atoms with Crippen LogP contribution in [0.1, 0.15) is 35.7 Å². The lowest BCUT2D eigenvalue weighted by Crippen LogP contribution is -2.25. The molecule has 0 radical (unpaired) electrons. The maximum absolute atomic E-state index is 12.9. The van der Waals surface area contributed by atoms with Gasteiger partial charge in [0.15, 0.2) is 0 Å². The average Bonchev–Trinajstić information content (AvgIpc) is 3.04. The molecule has 0 spiro atoms. The highest BCUT2D eigenvalue weighted by Crippen LogP contribution is 2.42. The number of halogens is 1. The summed E-state index contributed by atoms with van der Waals surface area (Å²) in [5.41, 5.74) is 6.76. The van der Waals surface area contributed by atoms with Crippen LogP contribution in [0.4, 0.5) is 15.5 Å². The summed E-state index contributed by atoms with van der Waals surface area (Å²) in [4.78, 5) is 24.0. The number of hydrogen-bond donors (Lipinski definition) is 4. The standard InChI is InChI=1S/C20H21ClN4O4S2/c1-10(2)12-8-11(25-31(28,29)15-7-5-4-6-14(15)21)9-13-16(18(22)26)19(30-17(12)13)24-20(27)23-3/h4-10,25H,1-3H3,(H2,22,26)(H2,23,24,27). The van der Waals surface area contributed by atoms with Gasteiger partial charge in [-0.1, -0.05) is 37.6 Å². The molecule has 0 saturated heterocycles. The molecule has 0 saturated carbocycles. The third-order valence-corrected chi connectivity index (χ3v) is 7.57. The van der Waals surface area contributed by atoms with Gasteiger partial charge < -0.3 is 11.1 Å². The van der Waals surface area contributed by atoms with E-state index in [-0.39, 0.29) is 32.1 Å². The van der Waals surface area contributed by atoms with Crippen LogP contribution in [0.5, 0.6) is 0 Å². The molecular formula is C20H21ClN4O4S2. The molecule has 31 heavy (non-hydrogen) atoms. The first-order valence-electron chi connectivity index (χ1n) is 9.21. The van der Waals surface area contributed by atoms with Crippen molar-refractivity contribution < 1.29 is 18.0 Å². The minimum atomic E-state index is -3.98. The molecule has 2 aromatic carbocycles. The van der Waals surface area contributed by atoms with Crippen molar-refractivity contribution in [1.82, 2.24) is 5.32 Å². The molecule has 1 aromatic heterocycles. The van der Waals surface area contributed by atoms with Crippen molar-refractivity contribution in [1.29, 1.82) is 0 Å². The number of sulfonamides is 1. The normalized spacial score (nSPS) is 11.5. The first-order valence-corrected chi connectivity index (χ1v) is 11.9. The molecule has 3 aromatic rings. The zero-order valence-electron chi connectivity index (χ0n) is 16.9. The average molecular weight is 481 g/mol. The van der Waals surface area contributed by atoms with Crippen molar-refractivity contribution in [2.24, 2.45) is 5.73 Å². The fourth-order valence-corrected chi connectivity index (χ4v) is 5.99. The molecule has 0 atom stereocenters. The van der Waals surface area contributed by atoms with E-state index in [1.54, 1.807) is 18.2 Å². The molecule has 0 unspecified atom stereocenters. The van der Waals surface area contributed by atoms with Gasteiger partial charge in [0.25, 0.3) is 15.9 Å². The zero-order chi connectivity index (χ0) is 22.9. The predicted molar refractivity (Wildman–Crippen MR) is 125 cm³/mol. The number of nitrogens with two attached hydrogens (primary N) is 1. The largest absolute Gasteiger partial charge is 0.365 e. The van der Waals surface area contributed by atoms with Crippen LogP contribution in [0.2, 0.25) is 5.02 Å². The van der Waals surface area contributed by atoms with Crippen LogP contribution in [0, 0.1) is 0 Å². The Bertz CT molecular complexity index is 1290. The molecule has 11 heteroatoms. The van der Waals surface area contributed by atoms with Crippen LogP contribution in [0.3, 0.4) is 0 Å². The number of urea groups is 1. The number of anilines is 2. The van der Waals surface area contributed by atoms with E-state index in [1.807, 2.05) is 13.8 Å². The number of carbonyl (C=O) groups is 2. The monoisotopic (exact) mass is 480 g/mol. The number of rotatable bonds is 6. The summed E-state index contributed by atoms with van der Waals surface area (Å²) in [6, 6.07) is 8.82. The van der Waals surface area contributed by atoms with E-state index in [1.165, 1.54) is 36.6 Å². The summed E-state index contributed by atoms with van der Waals surface area (Å²) in [5.74, 6) is -0.738. The molecule has 1 heterocycles. The minimum absolute atomic E-state index is 0.000467. The Labute approximate surface area is 188 Å². The highest BCUT2D eigenvalue weighted by Gasteiger charge is 2.24. The Morgan fingerprint density at radius 2 is 1.84 bits per heavy atom. The van der Waals surface area contributed by atoms with E-state index in [4.69, 9.17) is 17.3 Å². The highest BCUT2D eigenvalue weighted by atomic mass is 35.5. The zero-order valence-corrected chi connectivity index (χ0v) is 19.3. The van der Waals surface area contributed by atoms with Gasteiger partial charge >= 0.3 is 6.03 Å². The topological polar surface area (TPSA) is 130 Å². The van der Waals surface area contributed by atoms with Crippen molar-refractivity contribution >= 4 is 65.7 Å². The lowest BCUT2D eigenvalue weighted by molar-refractivity contribution is 0.100. The van der Waals surface area contributed by atoms with Gasteiger partial charge in [0.2, 0.25) is 0 Å². The number of thiophene rings is 1. The molecule has 0 bridgehead atoms. The Morgan fingerprint density at radius 3 is 2.42 bits per heavy atom. The minimum Gasteiger partial charge on any atom is -0.365 e. The van der Waals surface area contributed by atoms with Gasteiger partial charge in [-0.25, -0.2) is 13.2 Å². The smallest absolute Gasteiger partial charge is 0.319 e. The maximum atomic E-state index is 12.9. The molecule has 3 rings (SSSR count). The van der Waals surface area contributed by atoms with Crippen LogP contribution < -0.4 is 21.1 Å². The van der Waals surface area contributed by atoms with Crippen LogP contribution in [-0.2, 0) is 10.0 Å². The van der Waals surface area contributed by atoms with Crippen LogP contribution in [-0.4, -0.2) is 27.4 Å². The summed E-state index contributed by atoms with van der Waals surface area (Å²) >= 11 is 7.26.